The number of rotatable bonds is 12. The molecule has 8 heteroatoms. The van der Waals surface area contributed by atoms with Crippen molar-refractivity contribution < 1.29 is 13.9 Å². The predicted octanol–water partition coefficient (Wildman–Crippen LogP) is 4.11. The highest BCUT2D eigenvalue weighted by atomic mass is 32.2. The fourth-order valence-corrected chi connectivity index (χ4v) is 4.26. The molecule has 1 aliphatic heterocycles. The van der Waals surface area contributed by atoms with Crippen LogP contribution < -0.4 is 14.8 Å². The summed E-state index contributed by atoms with van der Waals surface area (Å²) in [7, 11) is 0. The van der Waals surface area contributed by atoms with Crippen LogP contribution in [-0.4, -0.2) is 66.8 Å². The third-order valence-corrected chi connectivity index (χ3v) is 6.26. The molecule has 1 aromatic heterocycles. The van der Waals surface area contributed by atoms with E-state index in [-0.39, 0.29) is 0 Å². The van der Waals surface area contributed by atoms with Crippen molar-refractivity contribution in [1.29, 1.82) is 0 Å². The van der Waals surface area contributed by atoms with Crippen LogP contribution in [0.2, 0.25) is 0 Å². The second-order valence-corrected chi connectivity index (χ2v) is 8.99. The number of benzene rings is 2. The SMILES string of the molecule is c1ccc(OCCSCc2nnc(-c3ccc(OCCCN4CCCNCC4)cc3)o2)cc1. The summed E-state index contributed by atoms with van der Waals surface area (Å²) in [6, 6.07) is 17.7. The van der Waals surface area contributed by atoms with E-state index in [1.54, 1.807) is 11.8 Å². The summed E-state index contributed by atoms with van der Waals surface area (Å²) >= 11 is 1.71. The van der Waals surface area contributed by atoms with Gasteiger partial charge in [-0.1, -0.05) is 18.2 Å². The zero-order valence-corrected chi connectivity index (χ0v) is 19.8. The van der Waals surface area contributed by atoms with Crippen molar-refractivity contribution in [2.24, 2.45) is 0 Å². The van der Waals surface area contributed by atoms with E-state index in [9.17, 15) is 0 Å². The molecule has 1 N–H and O–H groups in total. The smallest absolute Gasteiger partial charge is 0.247 e. The highest BCUT2D eigenvalue weighted by molar-refractivity contribution is 7.98. The van der Waals surface area contributed by atoms with Gasteiger partial charge in [-0.05, 0) is 62.3 Å². The van der Waals surface area contributed by atoms with Gasteiger partial charge in [0.25, 0.3) is 0 Å². The number of para-hydroxylation sites is 1. The first-order valence-corrected chi connectivity index (χ1v) is 12.8. The second kappa shape index (κ2) is 13.2. The Morgan fingerprint density at radius 2 is 1.73 bits per heavy atom. The number of hydrogen-bond acceptors (Lipinski definition) is 8. The second-order valence-electron chi connectivity index (χ2n) is 7.89. The summed E-state index contributed by atoms with van der Waals surface area (Å²) in [5.74, 6) is 4.43. The van der Waals surface area contributed by atoms with E-state index in [2.05, 4.69) is 20.4 Å². The minimum atomic E-state index is 0.535. The van der Waals surface area contributed by atoms with E-state index in [1.165, 1.54) is 13.0 Å². The largest absolute Gasteiger partial charge is 0.494 e. The number of thioether (sulfide) groups is 1. The minimum absolute atomic E-state index is 0.535. The first kappa shape index (κ1) is 23.6. The average Bonchev–Trinajstić information content (AvgIpc) is 3.17. The van der Waals surface area contributed by atoms with Gasteiger partial charge in [-0.25, -0.2) is 0 Å². The lowest BCUT2D eigenvalue weighted by atomic mass is 10.2. The van der Waals surface area contributed by atoms with Crippen molar-refractivity contribution in [2.45, 2.75) is 18.6 Å². The molecule has 2 aromatic carbocycles. The van der Waals surface area contributed by atoms with Crippen LogP contribution in [0, 0.1) is 0 Å². The summed E-state index contributed by atoms with van der Waals surface area (Å²) in [6.07, 6.45) is 2.25. The molecule has 0 saturated carbocycles. The molecule has 0 atom stereocenters. The van der Waals surface area contributed by atoms with Crippen molar-refractivity contribution in [3.05, 3.63) is 60.5 Å². The summed E-state index contributed by atoms with van der Waals surface area (Å²) in [6.45, 7) is 6.96. The van der Waals surface area contributed by atoms with Crippen LogP contribution in [0.15, 0.2) is 59.0 Å². The van der Waals surface area contributed by atoms with E-state index >= 15 is 0 Å². The minimum Gasteiger partial charge on any atom is -0.494 e. The van der Waals surface area contributed by atoms with E-state index < -0.39 is 0 Å². The quantitative estimate of drug-likeness (QED) is 0.398. The molecule has 33 heavy (non-hydrogen) atoms. The van der Waals surface area contributed by atoms with Crippen molar-refractivity contribution in [2.75, 3.05) is 51.7 Å². The Labute approximate surface area is 199 Å². The molecule has 0 spiro atoms. The van der Waals surface area contributed by atoms with Crippen LogP contribution in [0.3, 0.4) is 0 Å². The molecule has 1 aliphatic rings. The first-order valence-electron chi connectivity index (χ1n) is 11.6. The highest BCUT2D eigenvalue weighted by Gasteiger charge is 2.10. The van der Waals surface area contributed by atoms with Crippen molar-refractivity contribution in [1.82, 2.24) is 20.4 Å². The fourth-order valence-electron chi connectivity index (χ4n) is 3.62. The molecular weight excluding hydrogens is 436 g/mol. The van der Waals surface area contributed by atoms with E-state index in [0.29, 0.717) is 24.1 Å². The Kier molecular flexibility index (Phi) is 9.46. The fraction of sp³-hybridized carbons (Fsp3) is 0.440. The van der Waals surface area contributed by atoms with Gasteiger partial charge in [0.15, 0.2) is 0 Å². The maximum Gasteiger partial charge on any atom is 0.247 e. The molecule has 0 bridgehead atoms. The van der Waals surface area contributed by atoms with Crippen LogP contribution >= 0.6 is 11.8 Å². The van der Waals surface area contributed by atoms with Crippen molar-refractivity contribution >= 4 is 11.8 Å². The maximum absolute atomic E-state index is 5.91. The van der Waals surface area contributed by atoms with Gasteiger partial charge in [0.2, 0.25) is 11.8 Å². The number of aromatic nitrogens is 2. The maximum atomic E-state index is 5.91. The monoisotopic (exact) mass is 468 g/mol. The Balaban J connectivity index is 1.14. The van der Waals surface area contributed by atoms with E-state index in [0.717, 1.165) is 62.0 Å². The van der Waals surface area contributed by atoms with E-state index in [1.807, 2.05) is 54.6 Å². The van der Waals surface area contributed by atoms with Gasteiger partial charge in [0.05, 0.1) is 19.0 Å². The average molecular weight is 469 g/mol. The molecule has 2 heterocycles. The van der Waals surface area contributed by atoms with Crippen LogP contribution in [0.4, 0.5) is 0 Å². The van der Waals surface area contributed by atoms with E-state index in [4.69, 9.17) is 13.9 Å². The zero-order valence-electron chi connectivity index (χ0n) is 18.9. The Morgan fingerprint density at radius 1 is 0.909 bits per heavy atom. The molecule has 3 aromatic rings. The molecule has 176 valence electrons. The molecule has 1 fully saturated rings. The molecule has 4 rings (SSSR count). The lowest BCUT2D eigenvalue weighted by Crippen LogP contribution is -2.29. The number of ether oxygens (including phenoxy) is 2. The van der Waals surface area contributed by atoms with Crippen LogP contribution in [0.1, 0.15) is 18.7 Å². The summed E-state index contributed by atoms with van der Waals surface area (Å²) in [5.41, 5.74) is 0.899. The Bertz CT molecular complexity index is 928. The summed E-state index contributed by atoms with van der Waals surface area (Å²) in [4.78, 5) is 2.51. The van der Waals surface area contributed by atoms with Crippen LogP contribution in [0.5, 0.6) is 11.5 Å². The molecule has 0 aliphatic carbocycles. The molecular formula is C25H32N4O3S. The van der Waals surface area contributed by atoms with Gasteiger partial charge in [-0.2, -0.15) is 0 Å². The Morgan fingerprint density at radius 3 is 2.61 bits per heavy atom. The Hall–Kier alpha value is -2.55. The van der Waals surface area contributed by atoms with Gasteiger partial charge in [-0.15, -0.1) is 22.0 Å². The highest BCUT2D eigenvalue weighted by Crippen LogP contribution is 2.23. The van der Waals surface area contributed by atoms with Crippen molar-refractivity contribution in [3.8, 4) is 23.0 Å². The van der Waals surface area contributed by atoms with Gasteiger partial charge in [-0.3, -0.25) is 0 Å². The van der Waals surface area contributed by atoms with Gasteiger partial charge in [0, 0.05) is 31.0 Å². The lowest BCUT2D eigenvalue weighted by Gasteiger charge is -2.19. The normalized spacial score (nSPS) is 14.7. The molecule has 7 nitrogen and oxygen atoms in total. The zero-order chi connectivity index (χ0) is 22.6. The molecule has 1 saturated heterocycles. The van der Waals surface area contributed by atoms with Crippen LogP contribution in [0.25, 0.3) is 11.5 Å². The lowest BCUT2D eigenvalue weighted by molar-refractivity contribution is 0.244. The van der Waals surface area contributed by atoms with Gasteiger partial charge in [0.1, 0.15) is 11.5 Å². The van der Waals surface area contributed by atoms with Crippen LogP contribution in [-0.2, 0) is 5.75 Å². The third-order valence-electron chi connectivity index (χ3n) is 5.35. The number of nitrogens with zero attached hydrogens (tertiary/aromatic N) is 3. The number of hydrogen-bond donors (Lipinski definition) is 1. The topological polar surface area (TPSA) is 72.7 Å². The summed E-state index contributed by atoms with van der Waals surface area (Å²) < 4.78 is 17.4. The molecule has 0 radical (unpaired) electrons. The summed E-state index contributed by atoms with van der Waals surface area (Å²) in [5, 5.41) is 11.8. The third kappa shape index (κ3) is 8.07. The molecule has 0 unspecified atom stereocenters. The van der Waals surface area contributed by atoms with Gasteiger partial charge >= 0.3 is 0 Å². The standard InChI is InChI=1S/C25H32N4O3S/c1-2-6-22(7-3-1)31-18-19-33-20-24-27-28-25(32-24)21-8-10-23(11-9-21)30-17-5-15-29-14-4-12-26-13-16-29/h1-3,6-11,26H,4-5,12-20H2. The number of nitrogens with one attached hydrogen (secondary N) is 1. The first-order chi connectivity index (χ1) is 16.4. The van der Waals surface area contributed by atoms with Crippen molar-refractivity contribution in [3.63, 3.8) is 0 Å². The van der Waals surface area contributed by atoms with Gasteiger partial charge < -0.3 is 24.1 Å². The molecule has 0 amide bonds. The predicted molar refractivity (Wildman–Crippen MR) is 132 cm³/mol.